The topological polar surface area (TPSA) is 24.5 Å². The minimum Gasteiger partial charge on any atom is -0.413 e. The van der Waals surface area contributed by atoms with Gasteiger partial charge < -0.3 is 9.74 Å². The molecule has 2 bridgehead atoms. The second kappa shape index (κ2) is 5.47. The molecule has 2 aliphatic rings. The first kappa shape index (κ1) is 15.5. The fourth-order valence-corrected chi connectivity index (χ4v) is 4.55. The fourth-order valence-electron chi connectivity index (χ4n) is 3.12. The lowest BCUT2D eigenvalue weighted by molar-refractivity contribution is 0.109. The predicted molar refractivity (Wildman–Crippen MR) is 84.1 cm³/mol. The summed E-state index contributed by atoms with van der Waals surface area (Å²) >= 11 is 0. The highest BCUT2D eigenvalue weighted by Crippen LogP contribution is 2.37. The molecule has 0 aromatic rings. The van der Waals surface area contributed by atoms with Crippen LogP contribution in [0.3, 0.4) is 0 Å². The Labute approximate surface area is 120 Å². The number of hydrogen-bond donors (Lipinski definition) is 1. The van der Waals surface area contributed by atoms with Crippen molar-refractivity contribution in [1.82, 2.24) is 10.2 Å². The smallest absolute Gasteiger partial charge is 0.192 e. The molecule has 0 aliphatic carbocycles. The molecule has 2 heterocycles. The average molecular weight is 285 g/mol. The molecule has 3 nitrogen and oxygen atoms in total. The van der Waals surface area contributed by atoms with Gasteiger partial charge in [0.25, 0.3) is 0 Å². The Morgan fingerprint density at radius 1 is 1.21 bits per heavy atom. The van der Waals surface area contributed by atoms with Crippen LogP contribution in [0, 0.1) is 0 Å². The molecule has 2 aliphatic heterocycles. The molecule has 19 heavy (non-hydrogen) atoms. The van der Waals surface area contributed by atoms with E-state index in [0.717, 1.165) is 18.6 Å². The van der Waals surface area contributed by atoms with E-state index in [1.807, 2.05) is 0 Å². The van der Waals surface area contributed by atoms with E-state index in [2.05, 4.69) is 51.0 Å². The van der Waals surface area contributed by atoms with Crippen molar-refractivity contribution in [3.05, 3.63) is 0 Å². The molecule has 1 N–H and O–H groups in total. The Morgan fingerprint density at radius 3 is 2.21 bits per heavy atom. The highest BCUT2D eigenvalue weighted by atomic mass is 28.4. The van der Waals surface area contributed by atoms with Crippen molar-refractivity contribution in [2.45, 2.75) is 76.9 Å². The molecule has 112 valence electrons. The molecule has 0 amide bonds. The van der Waals surface area contributed by atoms with E-state index < -0.39 is 8.32 Å². The predicted octanol–water partition coefficient (Wildman–Crippen LogP) is 2.83. The van der Waals surface area contributed by atoms with Crippen LogP contribution in [0.2, 0.25) is 18.1 Å². The number of fused-ring (bicyclic) bond motifs is 2. The summed E-state index contributed by atoms with van der Waals surface area (Å²) in [6.07, 6.45) is 3.08. The van der Waals surface area contributed by atoms with Crippen molar-refractivity contribution in [3.8, 4) is 0 Å². The molecular formula is C15H32N2OSi. The van der Waals surface area contributed by atoms with Gasteiger partial charge in [-0.1, -0.05) is 20.8 Å². The van der Waals surface area contributed by atoms with E-state index in [1.165, 1.54) is 25.9 Å². The Kier molecular flexibility index (Phi) is 4.46. The number of hydrogen-bond acceptors (Lipinski definition) is 3. The van der Waals surface area contributed by atoms with Gasteiger partial charge in [-0.2, -0.15) is 0 Å². The van der Waals surface area contributed by atoms with E-state index >= 15 is 0 Å². The van der Waals surface area contributed by atoms with Gasteiger partial charge in [0.1, 0.15) is 0 Å². The molecular weight excluding hydrogens is 252 g/mol. The van der Waals surface area contributed by atoms with Crippen molar-refractivity contribution in [2.24, 2.45) is 0 Å². The summed E-state index contributed by atoms with van der Waals surface area (Å²) in [6, 6.07) is 1.47. The van der Waals surface area contributed by atoms with Gasteiger partial charge in [0.2, 0.25) is 0 Å². The molecule has 2 saturated heterocycles. The molecule has 2 rings (SSSR count). The first-order valence-corrected chi connectivity index (χ1v) is 10.7. The summed E-state index contributed by atoms with van der Waals surface area (Å²) in [5.74, 6) is 0. The van der Waals surface area contributed by atoms with Crippen LogP contribution in [-0.2, 0) is 4.43 Å². The van der Waals surface area contributed by atoms with Crippen molar-refractivity contribution >= 4 is 8.32 Å². The largest absolute Gasteiger partial charge is 0.413 e. The van der Waals surface area contributed by atoms with E-state index in [1.54, 1.807) is 0 Å². The number of rotatable bonds is 4. The van der Waals surface area contributed by atoms with Gasteiger partial charge in [-0.05, 0) is 37.9 Å². The Balaban J connectivity index is 1.83. The molecule has 2 fully saturated rings. The molecule has 0 aromatic carbocycles. The minimum atomic E-state index is -1.61. The van der Waals surface area contributed by atoms with Crippen LogP contribution in [0.15, 0.2) is 0 Å². The molecule has 0 radical (unpaired) electrons. The SMILES string of the molecule is C[C@H](CN1CC2CCC(C1)N2)O[Si](C)(C)C(C)(C)C. The van der Waals surface area contributed by atoms with Crippen LogP contribution >= 0.6 is 0 Å². The van der Waals surface area contributed by atoms with Crippen molar-refractivity contribution in [1.29, 1.82) is 0 Å². The lowest BCUT2D eigenvalue weighted by Gasteiger charge is -2.40. The van der Waals surface area contributed by atoms with Crippen LogP contribution in [0.25, 0.3) is 0 Å². The second-order valence-electron chi connectivity index (χ2n) is 8.05. The van der Waals surface area contributed by atoms with E-state index in [4.69, 9.17) is 4.43 Å². The Hall–Kier alpha value is 0.0969. The van der Waals surface area contributed by atoms with Gasteiger partial charge >= 0.3 is 0 Å². The van der Waals surface area contributed by atoms with Crippen LogP contribution < -0.4 is 5.32 Å². The first-order chi connectivity index (χ1) is 8.67. The summed E-state index contributed by atoms with van der Waals surface area (Å²) < 4.78 is 6.47. The number of nitrogens with one attached hydrogen (secondary N) is 1. The van der Waals surface area contributed by atoms with Crippen LogP contribution in [-0.4, -0.2) is 51.0 Å². The molecule has 4 heteroatoms. The molecule has 0 spiro atoms. The zero-order chi connectivity index (χ0) is 14.3. The summed E-state index contributed by atoms with van der Waals surface area (Å²) in [6.45, 7) is 17.4. The zero-order valence-electron chi connectivity index (χ0n) is 13.6. The van der Waals surface area contributed by atoms with Crippen LogP contribution in [0.4, 0.5) is 0 Å². The third-order valence-corrected chi connectivity index (χ3v) is 9.71. The third-order valence-electron chi connectivity index (χ3n) is 5.11. The third kappa shape index (κ3) is 3.81. The van der Waals surface area contributed by atoms with Gasteiger partial charge in [-0.25, -0.2) is 0 Å². The first-order valence-electron chi connectivity index (χ1n) is 7.83. The maximum atomic E-state index is 6.47. The van der Waals surface area contributed by atoms with Crippen LogP contribution in [0.1, 0.15) is 40.5 Å². The van der Waals surface area contributed by atoms with Gasteiger partial charge in [0, 0.05) is 31.7 Å². The van der Waals surface area contributed by atoms with Crippen molar-refractivity contribution in [3.63, 3.8) is 0 Å². The van der Waals surface area contributed by atoms with E-state index in [9.17, 15) is 0 Å². The summed E-state index contributed by atoms with van der Waals surface area (Å²) in [4.78, 5) is 2.61. The maximum Gasteiger partial charge on any atom is 0.192 e. The van der Waals surface area contributed by atoms with E-state index in [0.29, 0.717) is 11.1 Å². The minimum absolute atomic E-state index is 0.309. The van der Waals surface area contributed by atoms with Gasteiger partial charge in [-0.3, -0.25) is 4.90 Å². The number of nitrogens with zero attached hydrogens (tertiary/aromatic N) is 1. The fraction of sp³-hybridized carbons (Fsp3) is 1.00. The Bertz CT molecular complexity index is 302. The Morgan fingerprint density at radius 2 is 1.74 bits per heavy atom. The molecule has 3 atom stereocenters. The summed E-state index contributed by atoms with van der Waals surface area (Å²) in [5.41, 5.74) is 0. The lowest BCUT2D eigenvalue weighted by atomic mass is 10.2. The van der Waals surface area contributed by atoms with Gasteiger partial charge in [-0.15, -0.1) is 0 Å². The summed E-state index contributed by atoms with van der Waals surface area (Å²) in [7, 11) is -1.61. The molecule has 0 aromatic heterocycles. The lowest BCUT2D eigenvalue weighted by Crippen LogP contribution is -2.54. The van der Waals surface area contributed by atoms with E-state index in [-0.39, 0.29) is 0 Å². The van der Waals surface area contributed by atoms with Gasteiger partial charge in [0.15, 0.2) is 8.32 Å². The zero-order valence-corrected chi connectivity index (χ0v) is 14.6. The van der Waals surface area contributed by atoms with Crippen LogP contribution in [0.5, 0.6) is 0 Å². The van der Waals surface area contributed by atoms with Gasteiger partial charge in [0.05, 0.1) is 6.10 Å². The van der Waals surface area contributed by atoms with Crippen molar-refractivity contribution in [2.75, 3.05) is 19.6 Å². The summed E-state index contributed by atoms with van der Waals surface area (Å²) in [5, 5.41) is 4.00. The second-order valence-corrected chi connectivity index (χ2v) is 12.8. The normalized spacial score (nSPS) is 30.6. The quantitative estimate of drug-likeness (QED) is 0.804. The number of piperazine rings is 1. The number of likely N-dealkylation sites (tertiary alicyclic amines) is 1. The average Bonchev–Trinajstić information content (AvgIpc) is 2.55. The van der Waals surface area contributed by atoms with Crippen molar-refractivity contribution < 1.29 is 4.43 Å². The highest BCUT2D eigenvalue weighted by molar-refractivity contribution is 6.74. The molecule has 0 saturated carbocycles. The monoisotopic (exact) mass is 284 g/mol. The molecule has 2 unspecified atom stereocenters. The maximum absolute atomic E-state index is 6.47. The highest BCUT2D eigenvalue weighted by Gasteiger charge is 2.39. The standard InChI is InChI=1S/C15H32N2OSi/c1-12(18-19(5,6)15(2,3)4)9-17-10-13-7-8-14(11-17)16-13/h12-14,16H,7-11H2,1-6H3/t12-,13?,14?/m1/s1.